The number of carbonyl (C=O) groups excluding carboxylic acids is 1. The number of piperidine rings is 1. The van der Waals surface area contributed by atoms with E-state index in [1.807, 2.05) is 20.8 Å². The van der Waals surface area contributed by atoms with Gasteiger partial charge in [0.25, 0.3) is 0 Å². The number of hydrogen-bond acceptors (Lipinski definition) is 4. The molecule has 1 amide bonds. The molecule has 1 aliphatic carbocycles. The summed E-state index contributed by atoms with van der Waals surface area (Å²) in [6.07, 6.45) is 7.29. The second-order valence-electron chi connectivity index (χ2n) is 8.15. The van der Waals surface area contributed by atoms with Crippen molar-refractivity contribution in [2.24, 2.45) is 0 Å². The second-order valence-corrected chi connectivity index (χ2v) is 8.15. The Bertz CT molecular complexity index is 378. The third-order valence-corrected chi connectivity index (χ3v) is 4.69. The molecule has 128 valence electrons. The number of alkyl carbamates (subject to hydrolysis) is 1. The van der Waals surface area contributed by atoms with Crippen molar-refractivity contribution >= 4 is 6.09 Å². The van der Waals surface area contributed by atoms with Gasteiger partial charge < -0.3 is 20.5 Å². The Morgan fingerprint density at radius 2 is 1.86 bits per heavy atom. The van der Waals surface area contributed by atoms with E-state index in [0.29, 0.717) is 13.0 Å². The number of ether oxygens (including phenoxy) is 1. The quantitative estimate of drug-likeness (QED) is 0.749. The number of β-amino-alcohol motifs (C(OH)–C–C–N with tert-alkyl or cyclic N) is 1. The van der Waals surface area contributed by atoms with E-state index in [9.17, 15) is 9.90 Å². The van der Waals surface area contributed by atoms with Crippen molar-refractivity contribution in [3.8, 4) is 0 Å². The molecule has 1 heterocycles. The van der Waals surface area contributed by atoms with Gasteiger partial charge in [-0.15, -0.1) is 0 Å². The Morgan fingerprint density at radius 3 is 2.41 bits per heavy atom. The maximum Gasteiger partial charge on any atom is 0.408 e. The molecule has 0 radical (unpaired) electrons. The average Bonchev–Trinajstić information content (AvgIpc) is 2.37. The topological polar surface area (TPSA) is 70.6 Å². The third kappa shape index (κ3) is 5.13. The fourth-order valence-corrected chi connectivity index (χ4v) is 3.83. The highest BCUT2D eigenvalue weighted by Crippen LogP contribution is 2.37. The Balaban J connectivity index is 2.05. The summed E-state index contributed by atoms with van der Waals surface area (Å²) < 4.78 is 5.44. The maximum absolute atomic E-state index is 12.2. The zero-order valence-corrected chi connectivity index (χ0v) is 14.3. The van der Waals surface area contributed by atoms with Crippen molar-refractivity contribution in [2.45, 2.75) is 88.9 Å². The van der Waals surface area contributed by atoms with Crippen molar-refractivity contribution in [1.82, 2.24) is 10.6 Å². The summed E-state index contributed by atoms with van der Waals surface area (Å²) in [6.45, 7) is 7.20. The molecule has 1 atom stereocenters. The summed E-state index contributed by atoms with van der Waals surface area (Å²) in [5.74, 6) is 0. The third-order valence-electron chi connectivity index (χ3n) is 4.69. The molecular formula is C17H32N2O3. The predicted octanol–water partition coefficient (Wildman–Crippen LogP) is 2.72. The van der Waals surface area contributed by atoms with Crippen LogP contribution in [0.5, 0.6) is 0 Å². The van der Waals surface area contributed by atoms with E-state index in [4.69, 9.17) is 4.74 Å². The van der Waals surface area contributed by atoms with Crippen LogP contribution in [0.15, 0.2) is 0 Å². The minimum atomic E-state index is -0.718. The summed E-state index contributed by atoms with van der Waals surface area (Å²) >= 11 is 0. The molecule has 0 aromatic heterocycles. The van der Waals surface area contributed by atoms with Gasteiger partial charge in [-0.3, -0.25) is 0 Å². The van der Waals surface area contributed by atoms with E-state index in [0.717, 1.165) is 45.1 Å². The highest BCUT2D eigenvalue weighted by atomic mass is 16.6. The van der Waals surface area contributed by atoms with Crippen LogP contribution < -0.4 is 10.6 Å². The van der Waals surface area contributed by atoms with Gasteiger partial charge in [-0.2, -0.15) is 0 Å². The molecule has 0 aromatic rings. The predicted molar refractivity (Wildman–Crippen MR) is 86.9 cm³/mol. The molecule has 1 aliphatic heterocycles. The molecule has 2 fully saturated rings. The minimum Gasteiger partial charge on any atom is -0.444 e. The Morgan fingerprint density at radius 1 is 1.18 bits per heavy atom. The van der Waals surface area contributed by atoms with Crippen LogP contribution in [-0.2, 0) is 4.74 Å². The second kappa shape index (κ2) is 6.75. The van der Waals surface area contributed by atoms with Crippen LogP contribution >= 0.6 is 0 Å². The minimum absolute atomic E-state index is 0.325. The maximum atomic E-state index is 12.2. The van der Waals surface area contributed by atoms with E-state index in [1.54, 1.807) is 0 Å². The van der Waals surface area contributed by atoms with Crippen LogP contribution in [0.1, 0.15) is 72.1 Å². The number of rotatable bonds is 3. The molecule has 0 bridgehead atoms. The van der Waals surface area contributed by atoms with Crippen LogP contribution in [0.4, 0.5) is 4.79 Å². The molecule has 5 nitrogen and oxygen atoms in total. The number of hydrogen-bond donors (Lipinski definition) is 3. The first-order chi connectivity index (χ1) is 10.2. The summed E-state index contributed by atoms with van der Waals surface area (Å²) in [7, 11) is 0. The van der Waals surface area contributed by atoms with Gasteiger partial charge in [0, 0.05) is 18.5 Å². The lowest BCUT2D eigenvalue weighted by Crippen LogP contribution is -2.58. The van der Waals surface area contributed by atoms with Crippen LogP contribution in [0, 0.1) is 0 Å². The monoisotopic (exact) mass is 312 g/mol. The molecule has 0 spiro atoms. The molecular weight excluding hydrogens is 280 g/mol. The van der Waals surface area contributed by atoms with Gasteiger partial charge in [0.15, 0.2) is 0 Å². The molecule has 3 N–H and O–H groups in total. The molecule has 1 saturated carbocycles. The van der Waals surface area contributed by atoms with Crippen LogP contribution in [0.25, 0.3) is 0 Å². The van der Waals surface area contributed by atoms with Crippen LogP contribution in [0.3, 0.4) is 0 Å². The van der Waals surface area contributed by atoms with Crippen LogP contribution in [-0.4, -0.2) is 41.0 Å². The zero-order chi connectivity index (χ0) is 16.3. The molecule has 2 aliphatic rings. The van der Waals surface area contributed by atoms with E-state index in [1.165, 1.54) is 6.42 Å². The normalized spacial score (nSPS) is 28.9. The van der Waals surface area contributed by atoms with Gasteiger partial charge in [0.05, 0.1) is 5.60 Å². The first-order valence-electron chi connectivity index (χ1n) is 8.66. The summed E-state index contributed by atoms with van der Waals surface area (Å²) in [5.41, 5.74) is -1.54. The fraction of sp³-hybridized carbons (Fsp3) is 0.941. The Kier molecular flexibility index (Phi) is 5.38. The van der Waals surface area contributed by atoms with Crippen molar-refractivity contribution < 1.29 is 14.6 Å². The summed E-state index contributed by atoms with van der Waals surface area (Å²) in [5, 5.41) is 17.3. The van der Waals surface area contributed by atoms with Crippen LogP contribution in [0.2, 0.25) is 0 Å². The van der Waals surface area contributed by atoms with Gasteiger partial charge in [0.1, 0.15) is 5.60 Å². The van der Waals surface area contributed by atoms with Gasteiger partial charge in [-0.1, -0.05) is 19.3 Å². The Labute approximate surface area is 134 Å². The number of aliphatic hydroxyl groups is 1. The SMILES string of the molecule is CC(C)(C)OC(=O)NC1(CC2(O)CCCNC2)CCCCC1. The number of carbonyl (C=O) groups is 1. The van der Waals surface area contributed by atoms with E-state index in [-0.39, 0.29) is 11.6 Å². The number of nitrogens with one attached hydrogen (secondary N) is 2. The van der Waals surface area contributed by atoms with Gasteiger partial charge in [-0.25, -0.2) is 4.79 Å². The van der Waals surface area contributed by atoms with Crippen molar-refractivity contribution in [3.05, 3.63) is 0 Å². The van der Waals surface area contributed by atoms with E-state index >= 15 is 0 Å². The molecule has 1 saturated heterocycles. The zero-order valence-electron chi connectivity index (χ0n) is 14.3. The van der Waals surface area contributed by atoms with Crippen molar-refractivity contribution in [2.75, 3.05) is 13.1 Å². The summed E-state index contributed by atoms with van der Waals surface area (Å²) in [4.78, 5) is 12.2. The molecule has 22 heavy (non-hydrogen) atoms. The highest BCUT2D eigenvalue weighted by molar-refractivity contribution is 5.68. The standard InChI is InChI=1S/C17H32N2O3/c1-15(2,3)22-14(20)19-16(8-5-4-6-9-16)12-17(21)10-7-11-18-13-17/h18,21H,4-13H2,1-3H3,(H,19,20). The van der Waals surface area contributed by atoms with E-state index in [2.05, 4.69) is 10.6 Å². The first kappa shape index (κ1) is 17.5. The van der Waals surface area contributed by atoms with Gasteiger partial charge >= 0.3 is 6.09 Å². The lowest BCUT2D eigenvalue weighted by Gasteiger charge is -2.45. The smallest absolute Gasteiger partial charge is 0.408 e. The lowest BCUT2D eigenvalue weighted by molar-refractivity contribution is -0.0270. The summed E-state index contributed by atoms with van der Waals surface area (Å²) in [6, 6.07) is 0. The van der Waals surface area contributed by atoms with E-state index < -0.39 is 11.2 Å². The molecule has 0 aromatic carbocycles. The Hall–Kier alpha value is -0.810. The van der Waals surface area contributed by atoms with Gasteiger partial charge in [0.2, 0.25) is 0 Å². The van der Waals surface area contributed by atoms with Crippen molar-refractivity contribution in [3.63, 3.8) is 0 Å². The fourth-order valence-electron chi connectivity index (χ4n) is 3.83. The number of amides is 1. The highest BCUT2D eigenvalue weighted by Gasteiger charge is 2.43. The average molecular weight is 312 g/mol. The van der Waals surface area contributed by atoms with Crippen molar-refractivity contribution in [1.29, 1.82) is 0 Å². The molecule has 5 heteroatoms. The first-order valence-corrected chi connectivity index (χ1v) is 8.66. The largest absolute Gasteiger partial charge is 0.444 e. The molecule has 2 rings (SSSR count). The lowest BCUT2D eigenvalue weighted by atomic mass is 9.72. The van der Waals surface area contributed by atoms with Gasteiger partial charge in [-0.05, 0) is 53.0 Å². The molecule has 1 unspecified atom stereocenters.